The highest BCUT2D eigenvalue weighted by Crippen LogP contribution is 2.22. The molecule has 1 aromatic heterocycles. The van der Waals surface area contributed by atoms with Crippen molar-refractivity contribution in [3.8, 4) is 0 Å². The van der Waals surface area contributed by atoms with Crippen LogP contribution in [-0.4, -0.2) is 30.5 Å². The number of aryl methyl sites for hydroxylation is 1. The van der Waals surface area contributed by atoms with E-state index in [0.717, 1.165) is 18.4 Å². The van der Waals surface area contributed by atoms with Crippen LogP contribution in [0.15, 0.2) is 33.7 Å². The first-order valence-electron chi connectivity index (χ1n) is 7.45. The number of nitrogens with two attached hydrogens (primary N) is 1. The molecule has 2 aromatic rings. The summed E-state index contributed by atoms with van der Waals surface area (Å²) in [6.07, 6.45) is 1.75. The molecule has 0 aliphatic carbocycles. The first-order valence-corrected chi connectivity index (χ1v) is 9.00. The number of aromatic nitrogens is 2. The van der Waals surface area contributed by atoms with E-state index < -0.39 is 10.0 Å². The average molecular weight is 338 g/mol. The standard InChI is InChI=1S/C15H22N4O3S/c1-4-6-14-17-15(22-18-14)10-19(3)11(2)12-7-5-8-13(9-12)23(16,20)21/h5,7-9,11H,4,6,10H2,1-3H3,(H2,16,20,21)/t11-/m1/s1. The van der Waals surface area contributed by atoms with Crippen molar-refractivity contribution in [2.45, 2.75) is 44.2 Å². The van der Waals surface area contributed by atoms with Crippen LogP contribution in [-0.2, 0) is 23.0 Å². The Bertz CT molecular complexity index is 758. The maximum absolute atomic E-state index is 11.5. The van der Waals surface area contributed by atoms with E-state index in [9.17, 15) is 8.42 Å². The lowest BCUT2D eigenvalue weighted by Crippen LogP contribution is -2.22. The third-order valence-electron chi connectivity index (χ3n) is 3.70. The zero-order chi connectivity index (χ0) is 17.0. The minimum atomic E-state index is -3.71. The second-order valence-electron chi connectivity index (χ2n) is 5.56. The van der Waals surface area contributed by atoms with Gasteiger partial charge in [0, 0.05) is 12.5 Å². The van der Waals surface area contributed by atoms with Crippen molar-refractivity contribution in [2.24, 2.45) is 5.14 Å². The fraction of sp³-hybridized carbons (Fsp3) is 0.467. The van der Waals surface area contributed by atoms with Crippen LogP contribution in [0.3, 0.4) is 0 Å². The van der Waals surface area contributed by atoms with Crippen LogP contribution in [0.1, 0.15) is 43.6 Å². The molecular formula is C15H22N4O3S. The van der Waals surface area contributed by atoms with Gasteiger partial charge in [0.25, 0.3) is 0 Å². The van der Waals surface area contributed by atoms with Crippen LogP contribution in [0.5, 0.6) is 0 Å². The van der Waals surface area contributed by atoms with Crippen LogP contribution >= 0.6 is 0 Å². The molecule has 1 atom stereocenters. The Morgan fingerprint density at radius 2 is 2.13 bits per heavy atom. The molecule has 0 saturated carbocycles. The summed E-state index contributed by atoms with van der Waals surface area (Å²) in [4.78, 5) is 6.45. The summed E-state index contributed by atoms with van der Waals surface area (Å²) in [6, 6.07) is 6.60. The quantitative estimate of drug-likeness (QED) is 0.826. The molecular weight excluding hydrogens is 316 g/mol. The minimum Gasteiger partial charge on any atom is -0.338 e. The van der Waals surface area contributed by atoms with E-state index in [-0.39, 0.29) is 10.9 Å². The topological polar surface area (TPSA) is 102 Å². The smallest absolute Gasteiger partial charge is 0.240 e. The number of nitrogens with zero attached hydrogens (tertiary/aromatic N) is 3. The molecule has 0 unspecified atom stereocenters. The second kappa shape index (κ2) is 7.20. The molecule has 1 aromatic carbocycles. The van der Waals surface area contributed by atoms with Crippen molar-refractivity contribution < 1.29 is 12.9 Å². The number of primary sulfonamides is 1. The highest BCUT2D eigenvalue weighted by atomic mass is 32.2. The Kier molecular flexibility index (Phi) is 5.51. The van der Waals surface area contributed by atoms with Crippen molar-refractivity contribution in [2.75, 3.05) is 7.05 Å². The second-order valence-corrected chi connectivity index (χ2v) is 7.12. The first-order chi connectivity index (χ1) is 10.8. The van der Waals surface area contributed by atoms with Gasteiger partial charge in [-0.25, -0.2) is 13.6 Å². The molecule has 2 N–H and O–H groups in total. The van der Waals surface area contributed by atoms with Crippen molar-refractivity contribution in [3.05, 3.63) is 41.5 Å². The van der Waals surface area contributed by atoms with Gasteiger partial charge in [-0.05, 0) is 38.1 Å². The largest absolute Gasteiger partial charge is 0.338 e. The summed E-state index contributed by atoms with van der Waals surface area (Å²) in [7, 11) is -1.79. The fourth-order valence-corrected chi connectivity index (χ4v) is 2.80. The molecule has 0 aliphatic rings. The summed E-state index contributed by atoms with van der Waals surface area (Å²) in [5.41, 5.74) is 0.854. The van der Waals surface area contributed by atoms with E-state index in [1.54, 1.807) is 12.1 Å². The van der Waals surface area contributed by atoms with E-state index in [4.69, 9.17) is 9.66 Å². The number of sulfonamides is 1. The van der Waals surface area contributed by atoms with Gasteiger partial charge in [-0.2, -0.15) is 4.98 Å². The molecule has 7 nitrogen and oxygen atoms in total. The predicted octanol–water partition coefficient (Wildman–Crippen LogP) is 1.86. The molecule has 2 rings (SSSR count). The Morgan fingerprint density at radius 3 is 2.78 bits per heavy atom. The highest BCUT2D eigenvalue weighted by Gasteiger charge is 2.17. The lowest BCUT2D eigenvalue weighted by molar-refractivity contribution is 0.216. The van der Waals surface area contributed by atoms with Gasteiger partial charge in [0.05, 0.1) is 11.4 Å². The molecule has 126 valence electrons. The molecule has 0 bridgehead atoms. The van der Waals surface area contributed by atoms with Crippen molar-refractivity contribution in [1.29, 1.82) is 0 Å². The summed E-state index contributed by atoms with van der Waals surface area (Å²) in [6.45, 7) is 4.52. The molecule has 0 aliphatic heterocycles. The Balaban J connectivity index is 2.11. The SMILES string of the molecule is CCCc1noc(CN(C)[C@H](C)c2cccc(S(N)(=O)=O)c2)n1. The normalized spacial score (nSPS) is 13.4. The predicted molar refractivity (Wildman–Crippen MR) is 86.0 cm³/mol. The van der Waals surface area contributed by atoms with Crippen molar-refractivity contribution in [3.63, 3.8) is 0 Å². The van der Waals surface area contributed by atoms with Crippen LogP contribution in [0, 0.1) is 0 Å². The molecule has 0 radical (unpaired) electrons. The van der Waals surface area contributed by atoms with Crippen LogP contribution in [0.25, 0.3) is 0 Å². The van der Waals surface area contributed by atoms with E-state index >= 15 is 0 Å². The van der Waals surface area contributed by atoms with Crippen LogP contribution in [0.4, 0.5) is 0 Å². The maximum Gasteiger partial charge on any atom is 0.240 e. The molecule has 0 saturated heterocycles. The van der Waals surface area contributed by atoms with Crippen molar-refractivity contribution >= 4 is 10.0 Å². The third-order valence-corrected chi connectivity index (χ3v) is 4.61. The average Bonchev–Trinajstić information content (AvgIpc) is 2.93. The Morgan fingerprint density at radius 1 is 1.39 bits per heavy atom. The first kappa shape index (κ1) is 17.6. The van der Waals surface area contributed by atoms with Gasteiger partial charge in [0.1, 0.15) is 0 Å². The zero-order valence-corrected chi connectivity index (χ0v) is 14.4. The Hall–Kier alpha value is -1.77. The van der Waals surface area contributed by atoms with E-state index in [2.05, 4.69) is 17.1 Å². The molecule has 23 heavy (non-hydrogen) atoms. The summed E-state index contributed by atoms with van der Waals surface area (Å²) < 4.78 is 28.2. The fourth-order valence-electron chi connectivity index (χ4n) is 2.24. The van der Waals surface area contributed by atoms with Gasteiger partial charge in [-0.3, -0.25) is 4.90 Å². The van der Waals surface area contributed by atoms with Crippen LogP contribution in [0.2, 0.25) is 0 Å². The highest BCUT2D eigenvalue weighted by molar-refractivity contribution is 7.89. The summed E-state index contributed by atoms with van der Waals surface area (Å²) >= 11 is 0. The van der Waals surface area contributed by atoms with Gasteiger partial charge in [0.15, 0.2) is 5.82 Å². The third kappa shape index (κ3) is 4.60. The molecule has 0 amide bonds. The lowest BCUT2D eigenvalue weighted by atomic mass is 10.1. The number of rotatable bonds is 7. The van der Waals surface area contributed by atoms with Gasteiger partial charge in [-0.15, -0.1) is 0 Å². The molecule has 1 heterocycles. The van der Waals surface area contributed by atoms with E-state index in [1.807, 2.05) is 24.9 Å². The number of hydrogen-bond acceptors (Lipinski definition) is 6. The van der Waals surface area contributed by atoms with Crippen LogP contribution < -0.4 is 5.14 Å². The molecule has 0 spiro atoms. The van der Waals surface area contributed by atoms with Gasteiger partial charge in [-0.1, -0.05) is 24.2 Å². The Labute approximate surface area is 136 Å². The van der Waals surface area contributed by atoms with E-state index in [1.165, 1.54) is 6.07 Å². The summed E-state index contributed by atoms with van der Waals surface area (Å²) in [5.74, 6) is 1.25. The zero-order valence-electron chi connectivity index (χ0n) is 13.6. The molecule has 0 fully saturated rings. The monoisotopic (exact) mass is 338 g/mol. The van der Waals surface area contributed by atoms with Gasteiger partial charge in [0.2, 0.25) is 15.9 Å². The van der Waals surface area contributed by atoms with Gasteiger partial charge < -0.3 is 4.52 Å². The summed E-state index contributed by atoms with van der Waals surface area (Å²) in [5, 5.41) is 9.11. The van der Waals surface area contributed by atoms with E-state index in [0.29, 0.717) is 18.3 Å². The lowest BCUT2D eigenvalue weighted by Gasteiger charge is -2.23. The number of benzene rings is 1. The van der Waals surface area contributed by atoms with Crippen molar-refractivity contribution in [1.82, 2.24) is 15.0 Å². The maximum atomic E-state index is 11.5. The molecule has 8 heteroatoms. The minimum absolute atomic E-state index is 0.0294. The number of hydrogen-bond donors (Lipinski definition) is 1. The van der Waals surface area contributed by atoms with Gasteiger partial charge >= 0.3 is 0 Å².